The second-order valence-corrected chi connectivity index (χ2v) is 5.67. The summed E-state index contributed by atoms with van der Waals surface area (Å²) in [5, 5.41) is 9.86. The molecule has 1 rings (SSSR count). The van der Waals surface area contributed by atoms with Crippen LogP contribution in [0.4, 0.5) is 0 Å². The number of rotatable bonds is 10. The molecule has 1 aromatic heterocycles. The maximum atomic E-state index is 5.30. The van der Waals surface area contributed by atoms with E-state index in [9.17, 15) is 0 Å². The molecular weight excluding hydrogens is 284 g/mol. The van der Waals surface area contributed by atoms with E-state index in [0.717, 1.165) is 57.2 Å². The van der Waals surface area contributed by atoms with Crippen LogP contribution in [0, 0.1) is 6.92 Å². The molecule has 0 bridgehead atoms. The lowest BCUT2D eigenvalue weighted by Crippen LogP contribution is -2.39. The minimum atomic E-state index is 0.713. The lowest BCUT2D eigenvalue weighted by Gasteiger charge is -2.11. The number of aromatic nitrogens is 1. The van der Waals surface area contributed by atoms with Crippen LogP contribution in [0.25, 0.3) is 0 Å². The Kier molecular flexibility index (Phi) is 9.82. The third-order valence-electron chi connectivity index (χ3n) is 2.82. The largest absolute Gasteiger partial charge is 0.380 e. The Morgan fingerprint density at radius 3 is 2.86 bits per heavy atom. The van der Waals surface area contributed by atoms with Crippen LogP contribution in [0.3, 0.4) is 0 Å². The van der Waals surface area contributed by atoms with E-state index >= 15 is 0 Å². The second kappa shape index (κ2) is 11.5. The molecule has 0 amide bonds. The van der Waals surface area contributed by atoms with Gasteiger partial charge in [-0.15, -0.1) is 11.3 Å². The fraction of sp³-hybridized carbons (Fsp3) is 0.733. The van der Waals surface area contributed by atoms with Crippen LogP contribution in [-0.4, -0.2) is 43.8 Å². The van der Waals surface area contributed by atoms with Gasteiger partial charge in [-0.2, -0.15) is 0 Å². The molecule has 0 atom stereocenters. The molecule has 0 fully saturated rings. The van der Waals surface area contributed by atoms with E-state index in [4.69, 9.17) is 4.74 Å². The molecular formula is C15H28N4OS. The van der Waals surface area contributed by atoms with Gasteiger partial charge in [0, 0.05) is 37.3 Å². The van der Waals surface area contributed by atoms with Crippen LogP contribution in [-0.2, 0) is 11.2 Å². The molecule has 0 aliphatic carbocycles. The average molecular weight is 312 g/mol. The Morgan fingerprint density at radius 2 is 2.19 bits per heavy atom. The molecule has 1 heterocycles. The summed E-state index contributed by atoms with van der Waals surface area (Å²) in [4.78, 5) is 9.04. The summed E-state index contributed by atoms with van der Waals surface area (Å²) in [6, 6.07) is 0. The van der Waals surface area contributed by atoms with Gasteiger partial charge in [-0.1, -0.05) is 0 Å². The molecule has 120 valence electrons. The van der Waals surface area contributed by atoms with Gasteiger partial charge in [0.1, 0.15) is 0 Å². The van der Waals surface area contributed by atoms with E-state index in [1.54, 1.807) is 11.3 Å². The van der Waals surface area contributed by atoms with Crippen molar-refractivity contribution < 1.29 is 4.74 Å². The number of aliphatic imine (C=N–C) groups is 1. The van der Waals surface area contributed by atoms with Gasteiger partial charge in [-0.3, -0.25) is 4.99 Å². The first-order valence-electron chi connectivity index (χ1n) is 7.77. The van der Waals surface area contributed by atoms with Gasteiger partial charge < -0.3 is 15.4 Å². The highest BCUT2D eigenvalue weighted by Crippen LogP contribution is 2.11. The number of nitrogens with one attached hydrogen (secondary N) is 2. The molecule has 0 aliphatic rings. The molecule has 0 radical (unpaired) electrons. The van der Waals surface area contributed by atoms with Crippen LogP contribution in [0.2, 0.25) is 0 Å². The smallest absolute Gasteiger partial charge is 0.191 e. The van der Waals surface area contributed by atoms with Crippen LogP contribution < -0.4 is 10.6 Å². The second-order valence-electron chi connectivity index (χ2n) is 4.72. The zero-order chi connectivity index (χ0) is 15.3. The van der Waals surface area contributed by atoms with E-state index in [1.807, 2.05) is 13.8 Å². The van der Waals surface area contributed by atoms with Crippen molar-refractivity contribution in [3.63, 3.8) is 0 Å². The zero-order valence-electron chi connectivity index (χ0n) is 13.4. The van der Waals surface area contributed by atoms with Crippen LogP contribution >= 0.6 is 11.3 Å². The van der Waals surface area contributed by atoms with Crippen molar-refractivity contribution in [3.05, 3.63) is 16.1 Å². The van der Waals surface area contributed by atoms with Gasteiger partial charge in [-0.05, 0) is 40.0 Å². The van der Waals surface area contributed by atoms with E-state index in [-0.39, 0.29) is 0 Å². The van der Waals surface area contributed by atoms with Crippen molar-refractivity contribution in [1.29, 1.82) is 0 Å². The molecule has 0 aromatic carbocycles. The number of aryl methyl sites for hydroxylation is 2. The zero-order valence-corrected chi connectivity index (χ0v) is 14.3. The lowest BCUT2D eigenvalue weighted by atomic mass is 10.2. The molecule has 0 aliphatic heterocycles. The first-order chi connectivity index (χ1) is 10.3. The third-order valence-corrected chi connectivity index (χ3v) is 3.85. The Balaban J connectivity index is 2.17. The normalized spacial score (nSPS) is 11.7. The number of hydrogen-bond donors (Lipinski definition) is 2. The Labute approximate surface area is 132 Å². The van der Waals surface area contributed by atoms with E-state index in [1.165, 1.54) is 5.01 Å². The molecule has 0 saturated carbocycles. The van der Waals surface area contributed by atoms with Crippen LogP contribution in [0.1, 0.15) is 37.4 Å². The van der Waals surface area contributed by atoms with Gasteiger partial charge in [0.25, 0.3) is 0 Å². The summed E-state index contributed by atoms with van der Waals surface area (Å²) in [5.41, 5.74) is 1.13. The SMILES string of the molecule is CCNC(=NCCCCc1nc(C)cs1)NCCOCC. The molecule has 0 unspecified atom stereocenters. The third kappa shape index (κ3) is 8.67. The minimum absolute atomic E-state index is 0.713. The van der Waals surface area contributed by atoms with Gasteiger partial charge in [0.05, 0.1) is 11.6 Å². The number of hydrogen-bond acceptors (Lipinski definition) is 4. The highest BCUT2D eigenvalue weighted by atomic mass is 32.1. The molecule has 1 aromatic rings. The van der Waals surface area contributed by atoms with E-state index in [2.05, 4.69) is 32.9 Å². The molecule has 6 heteroatoms. The first-order valence-corrected chi connectivity index (χ1v) is 8.65. The first kappa shape index (κ1) is 17.9. The van der Waals surface area contributed by atoms with E-state index < -0.39 is 0 Å². The summed E-state index contributed by atoms with van der Waals surface area (Å²) < 4.78 is 5.30. The minimum Gasteiger partial charge on any atom is -0.380 e. The quantitative estimate of drug-likeness (QED) is 0.396. The highest BCUT2D eigenvalue weighted by molar-refractivity contribution is 7.09. The van der Waals surface area contributed by atoms with Crippen molar-refractivity contribution in [2.45, 2.75) is 40.0 Å². The maximum Gasteiger partial charge on any atom is 0.191 e. The summed E-state index contributed by atoms with van der Waals surface area (Å²) in [6.07, 6.45) is 3.28. The van der Waals surface area contributed by atoms with Gasteiger partial charge in [0.2, 0.25) is 0 Å². The van der Waals surface area contributed by atoms with Crippen LogP contribution in [0.15, 0.2) is 10.4 Å². The van der Waals surface area contributed by atoms with Crippen molar-refractivity contribution >= 4 is 17.3 Å². The van der Waals surface area contributed by atoms with Gasteiger partial charge >= 0.3 is 0 Å². The lowest BCUT2D eigenvalue weighted by molar-refractivity contribution is 0.152. The summed E-state index contributed by atoms with van der Waals surface area (Å²) in [6.45, 7) is 10.1. The van der Waals surface area contributed by atoms with Crippen molar-refractivity contribution in [2.24, 2.45) is 4.99 Å². The number of guanidine groups is 1. The summed E-state index contributed by atoms with van der Waals surface area (Å²) in [7, 11) is 0. The fourth-order valence-corrected chi connectivity index (χ4v) is 2.64. The Morgan fingerprint density at radius 1 is 1.33 bits per heavy atom. The molecule has 21 heavy (non-hydrogen) atoms. The molecule has 2 N–H and O–H groups in total. The van der Waals surface area contributed by atoms with E-state index in [0.29, 0.717) is 6.61 Å². The molecule has 5 nitrogen and oxygen atoms in total. The van der Waals surface area contributed by atoms with Crippen LogP contribution in [0.5, 0.6) is 0 Å². The summed E-state index contributed by atoms with van der Waals surface area (Å²) in [5.74, 6) is 0.877. The maximum absolute atomic E-state index is 5.30. The number of thiazole rings is 1. The predicted molar refractivity (Wildman–Crippen MR) is 90.3 cm³/mol. The van der Waals surface area contributed by atoms with Crippen molar-refractivity contribution in [2.75, 3.05) is 32.8 Å². The molecule has 0 saturated heterocycles. The van der Waals surface area contributed by atoms with Gasteiger partial charge in [-0.25, -0.2) is 4.98 Å². The monoisotopic (exact) mass is 312 g/mol. The fourth-order valence-electron chi connectivity index (χ4n) is 1.82. The predicted octanol–water partition coefficient (Wildman–Crippen LogP) is 2.37. The number of ether oxygens (including phenoxy) is 1. The molecule has 0 spiro atoms. The number of nitrogens with zero attached hydrogens (tertiary/aromatic N) is 2. The van der Waals surface area contributed by atoms with Crippen molar-refractivity contribution in [3.8, 4) is 0 Å². The number of unbranched alkanes of at least 4 members (excludes halogenated alkanes) is 1. The van der Waals surface area contributed by atoms with Crippen molar-refractivity contribution in [1.82, 2.24) is 15.6 Å². The van der Waals surface area contributed by atoms with Gasteiger partial charge in [0.15, 0.2) is 5.96 Å². The average Bonchev–Trinajstić information content (AvgIpc) is 2.88. The summed E-state index contributed by atoms with van der Waals surface area (Å²) >= 11 is 1.75. The highest BCUT2D eigenvalue weighted by Gasteiger charge is 1.99. The topological polar surface area (TPSA) is 58.5 Å². The Hall–Kier alpha value is -1.14. The Bertz CT molecular complexity index is 406. The standard InChI is InChI=1S/C15H28N4OS/c1-4-16-15(18-10-11-20-5-2)17-9-7-6-8-14-19-13(3)12-21-14/h12H,4-11H2,1-3H3,(H2,16,17,18).